The molecule has 2 heterocycles. The minimum Gasteiger partial charge on any atom is -0.344 e. The lowest BCUT2D eigenvalue weighted by atomic mass is 9.87. The van der Waals surface area contributed by atoms with Crippen molar-refractivity contribution in [3.8, 4) is 0 Å². The molecular formula is C22H20N2. The number of fused-ring (bicyclic) bond motifs is 5. The molecule has 2 heteroatoms. The maximum absolute atomic E-state index is 2.38. The Morgan fingerprint density at radius 2 is 1.21 bits per heavy atom. The van der Waals surface area contributed by atoms with Crippen LogP contribution in [0.2, 0.25) is 0 Å². The zero-order valence-corrected chi connectivity index (χ0v) is 14.1. The van der Waals surface area contributed by atoms with Gasteiger partial charge in [0.05, 0.1) is 5.69 Å². The fraction of sp³-hybridized carbons (Fsp3) is 0.182. The fourth-order valence-corrected chi connectivity index (χ4v) is 4.34. The number of benzene rings is 3. The second-order valence-corrected chi connectivity index (χ2v) is 6.80. The normalized spacial score (nSPS) is 14.6. The van der Waals surface area contributed by atoms with Gasteiger partial charge in [-0.15, -0.1) is 0 Å². The highest BCUT2D eigenvalue weighted by atomic mass is 15.1. The van der Waals surface area contributed by atoms with Crippen LogP contribution in [0.4, 0.5) is 22.7 Å². The van der Waals surface area contributed by atoms with Crippen molar-refractivity contribution in [2.24, 2.45) is 0 Å². The third-order valence-electron chi connectivity index (χ3n) is 5.49. The maximum Gasteiger partial charge on any atom is 0.0501 e. The number of hydrogen-bond acceptors (Lipinski definition) is 2. The molecule has 5 rings (SSSR count). The molecular weight excluding hydrogens is 292 g/mol. The van der Waals surface area contributed by atoms with Crippen molar-refractivity contribution >= 4 is 22.7 Å². The zero-order valence-electron chi connectivity index (χ0n) is 14.1. The Balaban J connectivity index is 1.72. The SMILES string of the molecule is CN1c2ccccc2Cc2c1ccc1c2N(C)c2ccccc2C1. The van der Waals surface area contributed by atoms with E-state index in [1.807, 2.05) is 0 Å². The number of hydrogen-bond donors (Lipinski definition) is 0. The van der Waals surface area contributed by atoms with Gasteiger partial charge in [-0.05, 0) is 34.9 Å². The average Bonchev–Trinajstić information content (AvgIpc) is 2.62. The van der Waals surface area contributed by atoms with Crippen molar-refractivity contribution in [3.05, 3.63) is 82.9 Å². The molecule has 0 amide bonds. The third kappa shape index (κ3) is 1.77. The summed E-state index contributed by atoms with van der Waals surface area (Å²) in [4.78, 5) is 4.72. The Morgan fingerprint density at radius 1 is 0.583 bits per heavy atom. The highest BCUT2D eigenvalue weighted by Gasteiger charge is 2.28. The molecule has 0 fully saturated rings. The number of para-hydroxylation sites is 2. The summed E-state index contributed by atoms with van der Waals surface area (Å²) >= 11 is 0. The summed E-state index contributed by atoms with van der Waals surface area (Å²) in [5.41, 5.74) is 11.1. The van der Waals surface area contributed by atoms with Crippen molar-refractivity contribution in [1.82, 2.24) is 0 Å². The first-order valence-corrected chi connectivity index (χ1v) is 8.52. The van der Waals surface area contributed by atoms with Crippen molar-refractivity contribution in [2.45, 2.75) is 12.8 Å². The molecule has 0 aliphatic carbocycles. The molecule has 0 radical (unpaired) electrons. The molecule has 0 N–H and O–H groups in total. The second kappa shape index (κ2) is 4.88. The van der Waals surface area contributed by atoms with Gasteiger partial charge in [0.1, 0.15) is 0 Å². The van der Waals surface area contributed by atoms with Gasteiger partial charge in [-0.2, -0.15) is 0 Å². The molecule has 3 aromatic carbocycles. The molecule has 0 unspecified atom stereocenters. The van der Waals surface area contributed by atoms with Crippen LogP contribution >= 0.6 is 0 Å². The molecule has 0 atom stereocenters. The van der Waals surface area contributed by atoms with Gasteiger partial charge in [-0.25, -0.2) is 0 Å². The van der Waals surface area contributed by atoms with Crippen LogP contribution in [-0.2, 0) is 12.8 Å². The smallest absolute Gasteiger partial charge is 0.0501 e. The minimum atomic E-state index is 1.01. The first kappa shape index (κ1) is 13.7. The monoisotopic (exact) mass is 312 g/mol. The van der Waals surface area contributed by atoms with Crippen LogP contribution < -0.4 is 9.80 Å². The largest absolute Gasteiger partial charge is 0.344 e. The molecule has 24 heavy (non-hydrogen) atoms. The first-order chi connectivity index (χ1) is 11.7. The van der Waals surface area contributed by atoms with Crippen molar-refractivity contribution in [1.29, 1.82) is 0 Å². The van der Waals surface area contributed by atoms with E-state index in [0.29, 0.717) is 0 Å². The van der Waals surface area contributed by atoms with Crippen molar-refractivity contribution in [2.75, 3.05) is 23.9 Å². The summed E-state index contributed by atoms with van der Waals surface area (Å²) < 4.78 is 0. The van der Waals surface area contributed by atoms with E-state index in [1.54, 1.807) is 0 Å². The second-order valence-electron chi connectivity index (χ2n) is 6.80. The van der Waals surface area contributed by atoms with Crippen molar-refractivity contribution in [3.63, 3.8) is 0 Å². The van der Waals surface area contributed by atoms with Gasteiger partial charge in [0.15, 0.2) is 0 Å². The fourth-order valence-electron chi connectivity index (χ4n) is 4.34. The molecule has 0 aromatic heterocycles. The van der Waals surface area contributed by atoms with E-state index >= 15 is 0 Å². The van der Waals surface area contributed by atoms with Crippen molar-refractivity contribution < 1.29 is 0 Å². The zero-order chi connectivity index (χ0) is 16.3. The molecule has 0 bridgehead atoms. The van der Waals surface area contributed by atoms with Crippen LogP contribution in [-0.4, -0.2) is 14.1 Å². The van der Waals surface area contributed by atoms with Gasteiger partial charge in [-0.1, -0.05) is 42.5 Å². The standard InChI is InChI=1S/C22H20N2/c1-23-19-9-5-4-8-16(19)14-18-21(23)12-11-17-13-15-7-3-6-10-20(15)24(2)22(17)18/h3-12H,13-14H2,1-2H3. The quantitative estimate of drug-likeness (QED) is 0.574. The Kier molecular flexibility index (Phi) is 2.78. The molecule has 3 aromatic rings. The molecule has 2 nitrogen and oxygen atoms in total. The Bertz CT molecular complexity index is 958. The summed E-state index contributed by atoms with van der Waals surface area (Å²) in [6, 6.07) is 22.1. The van der Waals surface area contributed by atoms with E-state index < -0.39 is 0 Å². The number of anilines is 4. The van der Waals surface area contributed by atoms with Crippen LogP contribution in [0.5, 0.6) is 0 Å². The Morgan fingerprint density at radius 3 is 1.96 bits per heavy atom. The summed E-state index contributed by atoms with van der Waals surface area (Å²) in [6.45, 7) is 0. The van der Waals surface area contributed by atoms with E-state index in [4.69, 9.17) is 0 Å². The Hall–Kier alpha value is -2.74. The van der Waals surface area contributed by atoms with Crippen LogP contribution in [0.25, 0.3) is 0 Å². The summed E-state index contributed by atoms with van der Waals surface area (Å²) in [6.07, 6.45) is 2.03. The summed E-state index contributed by atoms with van der Waals surface area (Å²) in [5, 5.41) is 0. The molecule has 0 spiro atoms. The van der Waals surface area contributed by atoms with Gasteiger partial charge < -0.3 is 9.80 Å². The number of nitrogens with zero attached hydrogens (tertiary/aromatic N) is 2. The Labute approximate surface area is 143 Å². The predicted molar refractivity (Wildman–Crippen MR) is 101 cm³/mol. The van der Waals surface area contributed by atoms with E-state index in [9.17, 15) is 0 Å². The predicted octanol–water partition coefficient (Wildman–Crippen LogP) is 5.03. The molecule has 2 aliphatic rings. The van der Waals surface area contributed by atoms with Gasteiger partial charge >= 0.3 is 0 Å². The lowest BCUT2D eigenvalue weighted by Gasteiger charge is -2.37. The highest BCUT2D eigenvalue weighted by molar-refractivity contribution is 5.85. The van der Waals surface area contributed by atoms with Crippen LogP contribution in [0.3, 0.4) is 0 Å². The molecule has 2 aliphatic heterocycles. The minimum absolute atomic E-state index is 1.01. The first-order valence-electron chi connectivity index (χ1n) is 8.52. The highest BCUT2D eigenvalue weighted by Crippen LogP contribution is 2.47. The third-order valence-corrected chi connectivity index (χ3v) is 5.49. The van der Waals surface area contributed by atoms with Gasteiger partial charge in [0.25, 0.3) is 0 Å². The maximum atomic E-state index is 2.38. The lowest BCUT2D eigenvalue weighted by Crippen LogP contribution is -2.25. The van der Waals surface area contributed by atoms with Gasteiger partial charge in [0, 0.05) is 49.6 Å². The van der Waals surface area contributed by atoms with E-state index in [0.717, 1.165) is 12.8 Å². The lowest BCUT2D eigenvalue weighted by molar-refractivity contribution is 0.992. The van der Waals surface area contributed by atoms with Crippen LogP contribution in [0.1, 0.15) is 22.3 Å². The van der Waals surface area contributed by atoms with E-state index in [2.05, 4.69) is 84.6 Å². The van der Waals surface area contributed by atoms with Crippen LogP contribution in [0, 0.1) is 0 Å². The summed E-state index contributed by atoms with van der Waals surface area (Å²) in [7, 11) is 4.39. The van der Waals surface area contributed by atoms with Gasteiger partial charge in [0.2, 0.25) is 0 Å². The number of rotatable bonds is 0. The molecule has 0 saturated heterocycles. The average molecular weight is 312 g/mol. The van der Waals surface area contributed by atoms with E-state index in [-0.39, 0.29) is 0 Å². The van der Waals surface area contributed by atoms with Crippen LogP contribution in [0.15, 0.2) is 60.7 Å². The topological polar surface area (TPSA) is 6.48 Å². The molecule has 118 valence electrons. The molecule has 0 saturated carbocycles. The summed E-state index contributed by atoms with van der Waals surface area (Å²) in [5.74, 6) is 0. The van der Waals surface area contributed by atoms with Gasteiger partial charge in [-0.3, -0.25) is 0 Å². The van der Waals surface area contributed by atoms with E-state index in [1.165, 1.54) is 45.0 Å².